The Morgan fingerprint density at radius 2 is 1.77 bits per heavy atom. The molecule has 2 aliphatic rings. The largest absolute Gasteiger partial charge is 0.396 e. The number of nitrogens with one attached hydrogen (secondary N) is 2. The van der Waals surface area contributed by atoms with Gasteiger partial charge in [0.05, 0.1) is 5.69 Å². The molecule has 6 heteroatoms. The lowest BCUT2D eigenvalue weighted by Gasteiger charge is -2.27. The number of hydrogen-bond acceptors (Lipinski definition) is 5. The maximum absolute atomic E-state index is 12.3. The molecule has 6 nitrogen and oxygen atoms in total. The number of aryl methyl sites for hydroxylation is 1. The van der Waals surface area contributed by atoms with E-state index in [0.717, 1.165) is 49.9 Å². The lowest BCUT2D eigenvalue weighted by molar-refractivity contribution is 0.0977. The van der Waals surface area contributed by atoms with Crippen LogP contribution in [0.1, 0.15) is 61.0 Å². The highest BCUT2D eigenvalue weighted by atomic mass is 16.3. The molecule has 4 rings (SSSR count). The van der Waals surface area contributed by atoms with Gasteiger partial charge in [-0.05, 0) is 67.9 Å². The summed E-state index contributed by atoms with van der Waals surface area (Å²) in [5, 5.41) is 15.0. The van der Waals surface area contributed by atoms with Crippen LogP contribution in [0.2, 0.25) is 0 Å². The van der Waals surface area contributed by atoms with E-state index in [1.54, 1.807) is 12.1 Å². The van der Waals surface area contributed by atoms with E-state index < -0.39 is 0 Å². The van der Waals surface area contributed by atoms with Crippen molar-refractivity contribution in [2.24, 2.45) is 16.8 Å². The fourth-order valence-electron chi connectivity index (χ4n) is 4.55. The third kappa shape index (κ3) is 9.21. The number of aliphatic imine (C=N–C) groups is 1. The van der Waals surface area contributed by atoms with E-state index >= 15 is 0 Å². The van der Waals surface area contributed by atoms with Gasteiger partial charge in [0.1, 0.15) is 5.84 Å². The van der Waals surface area contributed by atoms with Crippen LogP contribution in [0.4, 0.5) is 5.69 Å². The molecule has 0 radical (unpaired) electrons. The number of piperazine rings is 1. The number of benzene rings is 2. The number of amidine groups is 1. The van der Waals surface area contributed by atoms with Gasteiger partial charge in [-0.3, -0.25) is 9.69 Å². The van der Waals surface area contributed by atoms with Crippen molar-refractivity contribution in [3.8, 4) is 0 Å². The van der Waals surface area contributed by atoms with Crippen LogP contribution in [0.15, 0.2) is 53.5 Å². The molecule has 3 N–H and O–H groups in total. The standard InChI is InChI=1S/C21H26N4O.C8H16O/c1-16-8-9-18(15-25-12-10-22-11-13-25)14-20(16)23-17(2)24-21(26)19-6-4-3-5-7-19;1-7-2-4-8(6-9)5-3-7/h3-9,14,22H,10-13,15H2,1-2H3,(H,23,24,26);7-9H,2-6H2,1H3. The van der Waals surface area contributed by atoms with Gasteiger partial charge in [-0.25, -0.2) is 4.99 Å². The first-order chi connectivity index (χ1) is 16.9. The zero-order chi connectivity index (χ0) is 25.0. The molecule has 1 amide bonds. The lowest BCUT2D eigenvalue weighted by Crippen LogP contribution is -2.42. The smallest absolute Gasteiger partial charge is 0.256 e. The first-order valence-corrected chi connectivity index (χ1v) is 13.0. The van der Waals surface area contributed by atoms with E-state index in [4.69, 9.17) is 5.11 Å². The van der Waals surface area contributed by atoms with Crippen molar-refractivity contribution >= 4 is 17.4 Å². The summed E-state index contributed by atoms with van der Waals surface area (Å²) >= 11 is 0. The van der Waals surface area contributed by atoms with Gasteiger partial charge in [0.15, 0.2) is 0 Å². The topological polar surface area (TPSA) is 77.0 Å². The number of aliphatic hydroxyl groups excluding tert-OH is 1. The predicted octanol–water partition coefficient (Wildman–Crippen LogP) is 4.69. The van der Waals surface area contributed by atoms with Crippen molar-refractivity contribution < 1.29 is 9.90 Å². The average Bonchev–Trinajstić information content (AvgIpc) is 2.88. The summed E-state index contributed by atoms with van der Waals surface area (Å²) in [6.07, 6.45) is 5.14. The minimum atomic E-state index is -0.138. The van der Waals surface area contributed by atoms with Crippen molar-refractivity contribution in [1.82, 2.24) is 15.5 Å². The zero-order valence-electron chi connectivity index (χ0n) is 21.6. The number of rotatable bonds is 5. The third-order valence-corrected chi connectivity index (χ3v) is 6.90. The van der Waals surface area contributed by atoms with Gasteiger partial charge >= 0.3 is 0 Å². The second-order valence-electron chi connectivity index (χ2n) is 9.97. The maximum Gasteiger partial charge on any atom is 0.256 e. The number of carbonyl (C=O) groups is 1. The molecule has 0 spiro atoms. The third-order valence-electron chi connectivity index (χ3n) is 6.90. The van der Waals surface area contributed by atoms with Crippen LogP contribution < -0.4 is 10.6 Å². The molecule has 0 aromatic heterocycles. The van der Waals surface area contributed by atoms with Gasteiger partial charge < -0.3 is 15.7 Å². The summed E-state index contributed by atoms with van der Waals surface area (Å²) in [4.78, 5) is 19.3. The highest BCUT2D eigenvalue weighted by Crippen LogP contribution is 2.27. The van der Waals surface area contributed by atoms with Gasteiger partial charge in [0.25, 0.3) is 5.91 Å². The van der Waals surface area contributed by atoms with E-state index in [9.17, 15) is 4.79 Å². The fraction of sp³-hybridized carbons (Fsp3) is 0.517. The first-order valence-electron chi connectivity index (χ1n) is 13.0. The molecule has 35 heavy (non-hydrogen) atoms. The minimum Gasteiger partial charge on any atom is -0.396 e. The number of nitrogens with zero attached hydrogens (tertiary/aromatic N) is 2. The highest BCUT2D eigenvalue weighted by Gasteiger charge is 2.16. The Hall–Kier alpha value is -2.54. The Morgan fingerprint density at radius 3 is 2.43 bits per heavy atom. The summed E-state index contributed by atoms with van der Waals surface area (Å²) in [5.74, 6) is 2.00. The number of aliphatic hydroxyl groups is 1. The average molecular weight is 479 g/mol. The summed E-state index contributed by atoms with van der Waals surface area (Å²) in [7, 11) is 0. The molecule has 1 saturated carbocycles. The molecule has 2 fully saturated rings. The second-order valence-corrected chi connectivity index (χ2v) is 9.97. The Morgan fingerprint density at radius 1 is 1.09 bits per heavy atom. The van der Waals surface area contributed by atoms with Crippen molar-refractivity contribution in [3.05, 3.63) is 65.2 Å². The molecule has 1 aliphatic carbocycles. The van der Waals surface area contributed by atoms with E-state index in [0.29, 0.717) is 23.9 Å². The van der Waals surface area contributed by atoms with Crippen molar-refractivity contribution in [2.45, 2.75) is 53.0 Å². The van der Waals surface area contributed by atoms with E-state index in [-0.39, 0.29) is 5.91 Å². The van der Waals surface area contributed by atoms with Crippen LogP contribution in [0.25, 0.3) is 0 Å². The summed E-state index contributed by atoms with van der Waals surface area (Å²) < 4.78 is 0. The monoisotopic (exact) mass is 478 g/mol. The summed E-state index contributed by atoms with van der Waals surface area (Å²) in [5.41, 5.74) is 3.88. The molecule has 190 valence electrons. The van der Waals surface area contributed by atoms with Crippen LogP contribution >= 0.6 is 0 Å². The predicted molar refractivity (Wildman–Crippen MR) is 144 cm³/mol. The highest BCUT2D eigenvalue weighted by molar-refractivity contribution is 6.06. The molecule has 2 aromatic rings. The van der Waals surface area contributed by atoms with Crippen molar-refractivity contribution in [3.63, 3.8) is 0 Å². The Bertz CT molecular complexity index is 946. The number of amides is 1. The van der Waals surface area contributed by atoms with E-state index in [2.05, 4.69) is 45.6 Å². The minimum absolute atomic E-state index is 0.138. The first kappa shape index (κ1) is 27.1. The molecular weight excluding hydrogens is 436 g/mol. The SMILES string of the molecule is CC(=Nc1cc(CN2CCNCC2)ccc1C)NC(=O)c1ccccc1.CC1CCC(CO)CC1. The van der Waals surface area contributed by atoms with Crippen LogP contribution in [-0.4, -0.2) is 54.5 Å². The van der Waals surface area contributed by atoms with Gasteiger partial charge in [-0.15, -0.1) is 0 Å². The molecule has 0 atom stereocenters. The lowest BCUT2D eigenvalue weighted by atomic mass is 9.84. The van der Waals surface area contributed by atoms with Gasteiger partial charge in [-0.2, -0.15) is 0 Å². The van der Waals surface area contributed by atoms with Crippen LogP contribution in [-0.2, 0) is 6.54 Å². The zero-order valence-corrected chi connectivity index (χ0v) is 21.6. The molecule has 0 bridgehead atoms. The number of hydrogen-bond donors (Lipinski definition) is 3. The maximum atomic E-state index is 12.3. The van der Waals surface area contributed by atoms with Gasteiger partial charge in [0.2, 0.25) is 0 Å². The number of carbonyl (C=O) groups excluding carboxylic acids is 1. The van der Waals surface area contributed by atoms with E-state index in [1.165, 1.54) is 31.2 Å². The van der Waals surface area contributed by atoms with Crippen LogP contribution in [0, 0.1) is 18.8 Å². The normalized spacial score (nSPS) is 21.1. The second kappa shape index (κ2) is 14.1. The molecule has 1 heterocycles. The van der Waals surface area contributed by atoms with Crippen molar-refractivity contribution in [2.75, 3.05) is 32.8 Å². The Balaban J connectivity index is 0.000000320. The molecule has 2 aromatic carbocycles. The molecule has 1 aliphatic heterocycles. The van der Waals surface area contributed by atoms with Crippen LogP contribution in [0.3, 0.4) is 0 Å². The molecule has 0 unspecified atom stereocenters. The summed E-state index contributed by atoms with van der Waals surface area (Å²) in [6, 6.07) is 15.6. The fourth-order valence-corrected chi connectivity index (χ4v) is 4.55. The van der Waals surface area contributed by atoms with Crippen LogP contribution in [0.5, 0.6) is 0 Å². The molecular formula is C29H42N4O2. The van der Waals surface area contributed by atoms with E-state index in [1.807, 2.05) is 32.0 Å². The van der Waals surface area contributed by atoms with Gasteiger partial charge in [0, 0.05) is 44.9 Å². The molecule has 1 saturated heterocycles. The van der Waals surface area contributed by atoms with Crippen molar-refractivity contribution in [1.29, 1.82) is 0 Å². The quantitative estimate of drug-likeness (QED) is 0.431. The Kier molecular flexibility index (Phi) is 10.9. The summed E-state index contributed by atoms with van der Waals surface area (Å²) in [6.45, 7) is 11.7. The Labute approximate surface area is 210 Å². The van der Waals surface area contributed by atoms with Gasteiger partial charge in [-0.1, -0.05) is 50.1 Å².